The van der Waals surface area contributed by atoms with E-state index >= 15 is 0 Å². The number of benzene rings is 1. The van der Waals surface area contributed by atoms with Gasteiger partial charge in [-0.3, -0.25) is 0 Å². The standard InChI is InChI=1S/C11H16N2O2S/c1-12-16(14,15)11-6-4-10(5-7-11)13-8-2-3-9-13/h4-7,12H,2-3,8-9H2,1H3. The first-order valence-corrected chi connectivity index (χ1v) is 6.90. The molecule has 0 spiro atoms. The van der Waals surface area contributed by atoms with Gasteiger partial charge in [0.05, 0.1) is 4.90 Å². The Bertz CT molecular complexity index is 447. The van der Waals surface area contributed by atoms with Crippen LogP contribution in [0.25, 0.3) is 0 Å². The van der Waals surface area contributed by atoms with Crippen molar-refractivity contribution in [1.82, 2.24) is 4.72 Å². The molecule has 0 aromatic heterocycles. The summed E-state index contributed by atoms with van der Waals surface area (Å²) < 4.78 is 25.3. The summed E-state index contributed by atoms with van der Waals surface area (Å²) in [6.07, 6.45) is 2.44. The molecule has 1 N–H and O–H groups in total. The van der Waals surface area contributed by atoms with Gasteiger partial charge in [-0.15, -0.1) is 0 Å². The highest BCUT2D eigenvalue weighted by Gasteiger charge is 2.14. The van der Waals surface area contributed by atoms with Gasteiger partial charge < -0.3 is 4.90 Å². The minimum atomic E-state index is -3.31. The Balaban J connectivity index is 2.22. The monoisotopic (exact) mass is 240 g/mol. The molecule has 0 atom stereocenters. The summed E-state index contributed by atoms with van der Waals surface area (Å²) in [6.45, 7) is 2.14. The van der Waals surface area contributed by atoms with Gasteiger partial charge in [-0.25, -0.2) is 13.1 Å². The molecule has 0 aliphatic carbocycles. The molecule has 88 valence electrons. The number of anilines is 1. The van der Waals surface area contributed by atoms with Crippen LogP contribution in [0, 0.1) is 0 Å². The van der Waals surface area contributed by atoms with Crippen LogP contribution in [0.1, 0.15) is 12.8 Å². The third kappa shape index (κ3) is 2.20. The summed E-state index contributed by atoms with van der Waals surface area (Å²) in [7, 11) is -1.89. The molecule has 1 aliphatic heterocycles. The van der Waals surface area contributed by atoms with Crippen LogP contribution in [-0.4, -0.2) is 28.6 Å². The lowest BCUT2D eigenvalue weighted by atomic mass is 10.3. The largest absolute Gasteiger partial charge is 0.372 e. The Morgan fingerprint density at radius 2 is 1.69 bits per heavy atom. The summed E-state index contributed by atoms with van der Waals surface area (Å²) in [4.78, 5) is 2.59. The molecular weight excluding hydrogens is 224 g/mol. The number of sulfonamides is 1. The van der Waals surface area contributed by atoms with E-state index in [-0.39, 0.29) is 0 Å². The van der Waals surface area contributed by atoms with Crippen molar-refractivity contribution in [2.75, 3.05) is 25.0 Å². The summed E-state index contributed by atoms with van der Waals surface area (Å²) in [5, 5.41) is 0. The van der Waals surface area contributed by atoms with Crippen molar-refractivity contribution < 1.29 is 8.42 Å². The fourth-order valence-corrected chi connectivity index (χ4v) is 2.66. The number of hydrogen-bond donors (Lipinski definition) is 1. The van der Waals surface area contributed by atoms with Gasteiger partial charge in [0.1, 0.15) is 0 Å². The second-order valence-electron chi connectivity index (χ2n) is 3.90. The number of nitrogens with one attached hydrogen (secondary N) is 1. The molecule has 0 bridgehead atoms. The second kappa shape index (κ2) is 4.43. The topological polar surface area (TPSA) is 49.4 Å². The maximum Gasteiger partial charge on any atom is 0.240 e. The quantitative estimate of drug-likeness (QED) is 0.863. The molecule has 0 unspecified atom stereocenters. The molecule has 1 fully saturated rings. The first-order valence-electron chi connectivity index (χ1n) is 5.42. The smallest absolute Gasteiger partial charge is 0.240 e. The van der Waals surface area contributed by atoms with E-state index in [1.165, 1.54) is 19.9 Å². The second-order valence-corrected chi connectivity index (χ2v) is 5.78. The zero-order chi connectivity index (χ0) is 11.6. The van der Waals surface area contributed by atoms with Crippen LogP contribution < -0.4 is 9.62 Å². The predicted octanol–water partition coefficient (Wildman–Crippen LogP) is 1.19. The van der Waals surface area contributed by atoms with E-state index in [9.17, 15) is 8.42 Å². The number of rotatable bonds is 3. The molecular formula is C11H16N2O2S. The molecule has 0 radical (unpaired) electrons. The van der Waals surface area contributed by atoms with Gasteiger partial charge in [-0.05, 0) is 44.2 Å². The first-order chi connectivity index (χ1) is 7.63. The minimum absolute atomic E-state index is 0.318. The predicted molar refractivity (Wildman–Crippen MR) is 64.1 cm³/mol. The van der Waals surface area contributed by atoms with Crippen LogP contribution in [0.4, 0.5) is 5.69 Å². The third-order valence-electron chi connectivity index (χ3n) is 2.89. The third-order valence-corrected chi connectivity index (χ3v) is 4.32. The molecule has 5 heteroatoms. The number of nitrogens with zero attached hydrogens (tertiary/aromatic N) is 1. The Morgan fingerprint density at radius 1 is 1.12 bits per heavy atom. The maximum atomic E-state index is 11.5. The van der Waals surface area contributed by atoms with Gasteiger partial charge in [0.15, 0.2) is 0 Å². The summed E-state index contributed by atoms with van der Waals surface area (Å²) in [6, 6.07) is 7.05. The molecule has 1 aliphatic rings. The molecule has 1 saturated heterocycles. The van der Waals surface area contributed by atoms with Crippen LogP contribution in [0.2, 0.25) is 0 Å². The molecule has 2 rings (SSSR count). The van der Waals surface area contributed by atoms with Crippen LogP contribution in [-0.2, 0) is 10.0 Å². The lowest BCUT2D eigenvalue weighted by Crippen LogP contribution is -2.20. The molecule has 4 nitrogen and oxygen atoms in total. The van der Waals surface area contributed by atoms with E-state index in [1.54, 1.807) is 12.1 Å². The van der Waals surface area contributed by atoms with Crippen LogP contribution in [0.5, 0.6) is 0 Å². The number of hydrogen-bond acceptors (Lipinski definition) is 3. The van der Waals surface area contributed by atoms with Crippen molar-refractivity contribution >= 4 is 15.7 Å². The fourth-order valence-electron chi connectivity index (χ4n) is 1.93. The van der Waals surface area contributed by atoms with Crippen molar-refractivity contribution in [3.05, 3.63) is 24.3 Å². The lowest BCUT2D eigenvalue weighted by Gasteiger charge is -2.17. The van der Waals surface area contributed by atoms with Crippen molar-refractivity contribution in [3.8, 4) is 0 Å². The van der Waals surface area contributed by atoms with E-state index in [1.807, 2.05) is 12.1 Å². The van der Waals surface area contributed by atoms with E-state index in [4.69, 9.17) is 0 Å². The first kappa shape index (κ1) is 11.4. The van der Waals surface area contributed by atoms with E-state index < -0.39 is 10.0 Å². The molecule has 0 saturated carbocycles. The van der Waals surface area contributed by atoms with Crippen molar-refractivity contribution in [3.63, 3.8) is 0 Å². The van der Waals surface area contributed by atoms with Crippen molar-refractivity contribution in [2.45, 2.75) is 17.7 Å². The zero-order valence-corrected chi connectivity index (χ0v) is 10.1. The Kier molecular flexibility index (Phi) is 3.16. The van der Waals surface area contributed by atoms with E-state index in [0.29, 0.717) is 4.90 Å². The SMILES string of the molecule is CNS(=O)(=O)c1ccc(N2CCCC2)cc1. The van der Waals surface area contributed by atoms with Gasteiger partial charge in [0.2, 0.25) is 10.0 Å². The molecule has 16 heavy (non-hydrogen) atoms. The highest BCUT2D eigenvalue weighted by atomic mass is 32.2. The van der Waals surface area contributed by atoms with E-state index in [2.05, 4.69) is 9.62 Å². The summed E-state index contributed by atoms with van der Waals surface area (Å²) in [5.41, 5.74) is 1.10. The van der Waals surface area contributed by atoms with Gasteiger partial charge in [-0.1, -0.05) is 0 Å². The fraction of sp³-hybridized carbons (Fsp3) is 0.455. The molecule has 1 heterocycles. The van der Waals surface area contributed by atoms with Gasteiger partial charge >= 0.3 is 0 Å². The average molecular weight is 240 g/mol. The molecule has 1 aromatic carbocycles. The lowest BCUT2D eigenvalue weighted by molar-refractivity contribution is 0.588. The Labute approximate surface area is 96.3 Å². The molecule has 1 aromatic rings. The van der Waals surface area contributed by atoms with Gasteiger partial charge in [-0.2, -0.15) is 0 Å². The van der Waals surface area contributed by atoms with Gasteiger partial charge in [0.25, 0.3) is 0 Å². The molecule has 0 amide bonds. The minimum Gasteiger partial charge on any atom is -0.372 e. The normalized spacial score (nSPS) is 16.7. The zero-order valence-electron chi connectivity index (χ0n) is 9.31. The van der Waals surface area contributed by atoms with Crippen LogP contribution in [0.3, 0.4) is 0 Å². The summed E-state index contributed by atoms with van der Waals surface area (Å²) in [5.74, 6) is 0. The van der Waals surface area contributed by atoms with Crippen molar-refractivity contribution in [1.29, 1.82) is 0 Å². The highest BCUT2D eigenvalue weighted by molar-refractivity contribution is 7.89. The van der Waals surface area contributed by atoms with Crippen LogP contribution >= 0.6 is 0 Å². The van der Waals surface area contributed by atoms with Crippen LogP contribution in [0.15, 0.2) is 29.2 Å². The Hall–Kier alpha value is -1.07. The van der Waals surface area contributed by atoms with Crippen molar-refractivity contribution in [2.24, 2.45) is 0 Å². The highest BCUT2D eigenvalue weighted by Crippen LogP contribution is 2.21. The Morgan fingerprint density at radius 3 is 2.19 bits per heavy atom. The van der Waals surface area contributed by atoms with Gasteiger partial charge in [0, 0.05) is 18.8 Å². The summed E-state index contributed by atoms with van der Waals surface area (Å²) >= 11 is 0. The average Bonchev–Trinajstić information content (AvgIpc) is 2.83. The maximum absolute atomic E-state index is 11.5. The van der Waals surface area contributed by atoms with E-state index in [0.717, 1.165) is 18.8 Å².